The molecule has 0 bridgehead atoms. The van der Waals surface area contributed by atoms with E-state index < -0.39 is 11.7 Å². The second-order valence-electron chi connectivity index (χ2n) is 6.33. The number of thiazole rings is 1. The summed E-state index contributed by atoms with van der Waals surface area (Å²) in [6.07, 6.45) is -1.49. The molecule has 0 fully saturated rings. The minimum absolute atomic E-state index is 0.0706. The van der Waals surface area contributed by atoms with Gasteiger partial charge in [-0.1, -0.05) is 35.1 Å². The van der Waals surface area contributed by atoms with Crippen molar-refractivity contribution in [3.63, 3.8) is 0 Å². The zero-order chi connectivity index (χ0) is 21.6. The number of hydrogen-bond donors (Lipinski definition) is 1. The molecule has 4 aromatic rings. The number of rotatable bonds is 3. The first kappa shape index (κ1) is 20.2. The summed E-state index contributed by atoms with van der Waals surface area (Å²) in [5.74, 6) is -0.0419. The molecule has 0 saturated carbocycles. The molecule has 0 saturated heterocycles. The van der Waals surface area contributed by atoms with E-state index in [4.69, 9.17) is 16.3 Å². The number of halogens is 4. The van der Waals surface area contributed by atoms with Crippen LogP contribution in [0, 0.1) is 0 Å². The van der Waals surface area contributed by atoms with E-state index >= 15 is 0 Å². The van der Waals surface area contributed by atoms with Crippen molar-refractivity contribution < 1.29 is 23.0 Å². The van der Waals surface area contributed by atoms with Gasteiger partial charge >= 0.3 is 6.18 Å². The average Bonchev–Trinajstić information content (AvgIpc) is 3.24. The van der Waals surface area contributed by atoms with Gasteiger partial charge in [-0.25, -0.2) is 4.98 Å². The first-order chi connectivity index (χ1) is 14.2. The Kier molecular flexibility index (Phi) is 4.95. The fourth-order valence-electron chi connectivity index (χ4n) is 2.91. The summed E-state index contributed by atoms with van der Waals surface area (Å²) in [6, 6.07) is 7.78. The maximum Gasteiger partial charge on any atom is 0.416 e. The number of nitrogens with zero attached hydrogens (tertiary/aromatic N) is 2. The van der Waals surface area contributed by atoms with Gasteiger partial charge in [0.25, 0.3) is 5.56 Å². The highest BCUT2D eigenvalue weighted by Gasteiger charge is 2.30. The molecule has 154 valence electrons. The number of alkyl halides is 3. The second kappa shape index (κ2) is 7.33. The predicted molar refractivity (Wildman–Crippen MR) is 108 cm³/mol. The fraction of sp³-hybridized carbons (Fsp3) is 0.100. The first-order valence-corrected chi connectivity index (χ1v) is 9.64. The van der Waals surface area contributed by atoms with Crippen LogP contribution in [0.2, 0.25) is 5.02 Å². The van der Waals surface area contributed by atoms with Gasteiger partial charge < -0.3 is 9.84 Å². The molecule has 0 aliphatic rings. The average molecular weight is 453 g/mol. The first-order valence-electron chi connectivity index (χ1n) is 8.45. The Bertz CT molecular complexity index is 1380. The van der Waals surface area contributed by atoms with Gasteiger partial charge in [-0.15, -0.1) is 0 Å². The molecule has 0 amide bonds. The minimum atomic E-state index is -4.47. The topological polar surface area (TPSA) is 63.8 Å². The summed E-state index contributed by atoms with van der Waals surface area (Å²) in [6.45, 7) is 0. The van der Waals surface area contributed by atoms with E-state index in [9.17, 15) is 23.1 Å². The summed E-state index contributed by atoms with van der Waals surface area (Å²) in [5.41, 5.74) is -0.0878. The second-order valence-corrected chi connectivity index (χ2v) is 7.74. The van der Waals surface area contributed by atoms with Gasteiger partial charge in [-0.3, -0.25) is 9.20 Å². The number of aromatic nitrogens is 2. The molecule has 10 heteroatoms. The number of benzene rings is 2. The van der Waals surface area contributed by atoms with Crippen LogP contribution in [0.3, 0.4) is 0 Å². The number of phenolic OH excluding ortho intramolecular Hbond substituents is 1. The Balaban J connectivity index is 1.78. The number of aromatic hydroxyl groups is 1. The van der Waals surface area contributed by atoms with Gasteiger partial charge in [0, 0.05) is 11.8 Å². The largest absolute Gasteiger partial charge is 0.503 e. The lowest BCUT2D eigenvalue weighted by Gasteiger charge is -2.07. The van der Waals surface area contributed by atoms with E-state index in [2.05, 4.69) is 4.98 Å². The Hall–Kier alpha value is -3.04. The lowest BCUT2D eigenvalue weighted by molar-refractivity contribution is -0.137. The van der Waals surface area contributed by atoms with Crippen molar-refractivity contribution in [1.29, 1.82) is 0 Å². The molecule has 5 nitrogen and oxygen atoms in total. The van der Waals surface area contributed by atoms with Crippen LogP contribution in [0.1, 0.15) is 11.1 Å². The maximum atomic E-state index is 12.9. The van der Waals surface area contributed by atoms with Gasteiger partial charge in [0.05, 0.1) is 27.9 Å². The molecular formula is C20H12ClF3N2O3S. The summed E-state index contributed by atoms with van der Waals surface area (Å²) in [7, 11) is 1.38. The van der Waals surface area contributed by atoms with Crippen molar-refractivity contribution in [1.82, 2.24) is 9.38 Å². The molecule has 0 unspecified atom stereocenters. The van der Waals surface area contributed by atoms with Gasteiger partial charge in [0.15, 0.2) is 16.5 Å². The van der Waals surface area contributed by atoms with Gasteiger partial charge in [0.2, 0.25) is 0 Å². The molecule has 4 rings (SSSR count). The quantitative estimate of drug-likeness (QED) is 0.502. The summed E-state index contributed by atoms with van der Waals surface area (Å²) >= 11 is 7.06. The van der Waals surface area contributed by atoms with Crippen molar-refractivity contribution in [3.05, 3.63) is 73.6 Å². The number of phenols is 1. The number of fused-ring (bicyclic) bond motifs is 1. The molecule has 1 N–H and O–H groups in total. The third-order valence-electron chi connectivity index (χ3n) is 4.36. The third kappa shape index (κ3) is 3.61. The van der Waals surface area contributed by atoms with Crippen LogP contribution in [-0.4, -0.2) is 21.6 Å². The molecule has 0 aliphatic heterocycles. The maximum absolute atomic E-state index is 12.9. The number of hydrogen-bond acceptors (Lipinski definition) is 5. The van der Waals surface area contributed by atoms with E-state index in [1.165, 1.54) is 42.0 Å². The Morgan fingerprint density at radius 1 is 1.27 bits per heavy atom. The zero-order valence-electron chi connectivity index (χ0n) is 15.2. The van der Waals surface area contributed by atoms with Crippen molar-refractivity contribution in [2.24, 2.45) is 0 Å². The van der Waals surface area contributed by atoms with Crippen LogP contribution in [0.15, 0.2) is 47.4 Å². The van der Waals surface area contributed by atoms with Crippen LogP contribution < -0.4 is 14.8 Å². The van der Waals surface area contributed by atoms with Gasteiger partial charge in [-0.05, 0) is 35.9 Å². The number of imidazole rings is 1. The molecule has 0 radical (unpaired) electrons. The van der Waals surface area contributed by atoms with Crippen molar-refractivity contribution in [2.45, 2.75) is 6.18 Å². The van der Waals surface area contributed by atoms with Crippen molar-refractivity contribution >= 4 is 34.0 Å². The SMILES string of the molecule is COc1cc(/C=c2\sc3nc(-c4cccc(C(F)(F)F)c4)cn3c2=O)cc(Cl)c1O. The van der Waals surface area contributed by atoms with Crippen LogP contribution >= 0.6 is 22.9 Å². The van der Waals surface area contributed by atoms with Gasteiger partial charge in [-0.2, -0.15) is 13.2 Å². The standard InChI is InChI=1S/C20H12ClF3N2O3S/c1-29-15-6-10(5-13(21)17(15)27)7-16-18(28)26-9-14(25-19(26)30-16)11-3-2-4-12(8-11)20(22,23)24/h2-9,27H,1H3/b16-7-. The predicted octanol–water partition coefficient (Wildman–Crippen LogP) is 4.36. The van der Waals surface area contributed by atoms with E-state index in [-0.39, 0.29) is 33.3 Å². The van der Waals surface area contributed by atoms with Crippen LogP contribution in [0.5, 0.6) is 11.5 Å². The Morgan fingerprint density at radius 3 is 2.70 bits per heavy atom. The monoisotopic (exact) mass is 452 g/mol. The Labute approximate surface area is 176 Å². The highest BCUT2D eigenvalue weighted by Crippen LogP contribution is 2.35. The van der Waals surface area contributed by atoms with Crippen LogP contribution in [0.4, 0.5) is 13.2 Å². The highest BCUT2D eigenvalue weighted by molar-refractivity contribution is 7.15. The van der Waals surface area contributed by atoms with E-state index in [1.807, 2.05) is 0 Å². The smallest absolute Gasteiger partial charge is 0.416 e. The van der Waals surface area contributed by atoms with Crippen molar-refractivity contribution in [3.8, 4) is 22.8 Å². The summed E-state index contributed by atoms with van der Waals surface area (Å²) in [5, 5.41) is 9.89. The Morgan fingerprint density at radius 2 is 2.03 bits per heavy atom. The number of ether oxygens (including phenoxy) is 1. The fourth-order valence-corrected chi connectivity index (χ4v) is 4.09. The minimum Gasteiger partial charge on any atom is -0.503 e. The molecule has 2 aromatic heterocycles. The molecule has 0 atom stereocenters. The number of methoxy groups -OCH3 is 1. The molecule has 30 heavy (non-hydrogen) atoms. The summed E-state index contributed by atoms with van der Waals surface area (Å²) in [4.78, 5) is 17.4. The van der Waals surface area contributed by atoms with Crippen LogP contribution in [0.25, 0.3) is 22.3 Å². The molecule has 2 aromatic carbocycles. The molecular weight excluding hydrogens is 441 g/mol. The third-order valence-corrected chi connectivity index (χ3v) is 5.63. The summed E-state index contributed by atoms with van der Waals surface area (Å²) < 4.78 is 45.5. The zero-order valence-corrected chi connectivity index (χ0v) is 16.8. The highest BCUT2D eigenvalue weighted by atomic mass is 35.5. The lowest BCUT2D eigenvalue weighted by atomic mass is 10.1. The molecule has 2 heterocycles. The molecule has 0 spiro atoms. The lowest BCUT2D eigenvalue weighted by Crippen LogP contribution is -2.22. The van der Waals surface area contributed by atoms with E-state index in [0.29, 0.717) is 15.1 Å². The van der Waals surface area contributed by atoms with E-state index in [0.717, 1.165) is 23.5 Å². The van der Waals surface area contributed by atoms with E-state index in [1.54, 1.807) is 6.08 Å². The van der Waals surface area contributed by atoms with Gasteiger partial charge in [0.1, 0.15) is 0 Å². The molecule has 0 aliphatic carbocycles. The van der Waals surface area contributed by atoms with Crippen molar-refractivity contribution in [2.75, 3.05) is 7.11 Å². The van der Waals surface area contributed by atoms with Crippen LogP contribution in [-0.2, 0) is 6.18 Å². The normalized spacial score (nSPS) is 12.6.